The van der Waals surface area contributed by atoms with Crippen molar-refractivity contribution in [2.75, 3.05) is 0 Å². The Kier molecular flexibility index (Phi) is 6.80. The topological polar surface area (TPSA) is 66.4 Å². The van der Waals surface area contributed by atoms with Crippen LogP contribution in [-0.4, -0.2) is 11.8 Å². The number of carbonyl (C=O) groups excluding carboxylic acids is 2. The van der Waals surface area contributed by atoms with E-state index in [0.717, 1.165) is 16.7 Å². The molecular weight excluding hydrogens is 364 g/mol. The molecule has 0 aliphatic heterocycles. The molecular formula is C25H23O4-. The number of ketones is 1. The van der Waals surface area contributed by atoms with E-state index in [9.17, 15) is 14.7 Å². The SMILES string of the molecule is Cc1ccc(C(CCC(=O)[O-])C(=O)c2cccc(OCc3ccccc3)c2)cc1. The Balaban J connectivity index is 1.79. The molecule has 0 aliphatic rings. The van der Waals surface area contributed by atoms with E-state index in [1.165, 1.54) is 0 Å². The third kappa shape index (κ3) is 5.79. The van der Waals surface area contributed by atoms with Crippen molar-refractivity contribution in [1.29, 1.82) is 0 Å². The van der Waals surface area contributed by atoms with Gasteiger partial charge in [-0.15, -0.1) is 0 Å². The standard InChI is InChI=1S/C25H24O4/c1-18-10-12-20(13-11-18)23(14-15-24(26)27)25(28)21-8-5-9-22(16-21)29-17-19-6-3-2-4-7-19/h2-13,16,23H,14-15,17H2,1H3,(H,26,27)/p-1. The maximum absolute atomic E-state index is 13.2. The maximum Gasteiger partial charge on any atom is 0.170 e. The minimum Gasteiger partial charge on any atom is -0.550 e. The summed E-state index contributed by atoms with van der Waals surface area (Å²) < 4.78 is 5.83. The smallest absolute Gasteiger partial charge is 0.170 e. The summed E-state index contributed by atoms with van der Waals surface area (Å²) in [6.07, 6.45) is 0.0216. The van der Waals surface area contributed by atoms with Crippen molar-refractivity contribution >= 4 is 11.8 Å². The highest BCUT2D eigenvalue weighted by Crippen LogP contribution is 2.28. The third-order valence-electron chi connectivity index (χ3n) is 4.80. The number of aryl methyl sites for hydroxylation is 1. The molecule has 0 bridgehead atoms. The molecule has 0 heterocycles. The molecule has 0 fully saturated rings. The molecule has 148 valence electrons. The van der Waals surface area contributed by atoms with Crippen molar-refractivity contribution in [2.45, 2.75) is 32.3 Å². The van der Waals surface area contributed by atoms with Crippen LogP contribution in [0.3, 0.4) is 0 Å². The van der Waals surface area contributed by atoms with Crippen LogP contribution >= 0.6 is 0 Å². The number of hydrogen-bond donors (Lipinski definition) is 0. The molecule has 0 aliphatic carbocycles. The second-order valence-electron chi connectivity index (χ2n) is 7.04. The second kappa shape index (κ2) is 9.69. The minimum atomic E-state index is -1.16. The van der Waals surface area contributed by atoms with Crippen LogP contribution in [0.1, 0.15) is 45.8 Å². The van der Waals surface area contributed by atoms with Crippen LogP contribution in [0.4, 0.5) is 0 Å². The van der Waals surface area contributed by atoms with E-state index in [1.54, 1.807) is 18.2 Å². The van der Waals surface area contributed by atoms with Gasteiger partial charge in [0.2, 0.25) is 0 Å². The number of carboxylic acid groups (broad SMARTS) is 1. The van der Waals surface area contributed by atoms with E-state index < -0.39 is 11.9 Å². The Labute approximate surface area is 170 Å². The largest absolute Gasteiger partial charge is 0.550 e. The van der Waals surface area contributed by atoms with Crippen LogP contribution in [0.15, 0.2) is 78.9 Å². The predicted molar refractivity (Wildman–Crippen MR) is 110 cm³/mol. The van der Waals surface area contributed by atoms with Gasteiger partial charge in [0.1, 0.15) is 12.4 Å². The Morgan fingerprint density at radius 1 is 0.931 bits per heavy atom. The number of hydrogen-bond acceptors (Lipinski definition) is 4. The average Bonchev–Trinajstić information content (AvgIpc) is 2.74. The first-order valence-electron chi connectivity index (χ1n) is 9.60. The van der Waals surface area contributed by atoms with Gasteiger partial charge >= 0.3 is 0 Å². The van der Waals surface area contributed by atoms with Crippen LogP contribution in [0.25, 0.3) is 0 Å². The molecule has 0 saturated heterocycles. The molecule has 0 N–H and O–H groups in total. The van der Waals surface area contributed by atoms with Crippen LogP contribution < -0.4 is 9.84 Å². The van der Waals surface area contributed by atoms with Crippen LogP contribution in [-0.2, 0) is 11.4 Å². The molecule has 0 radical (unpaired) electrons. The van der Waals surface area contributed by atoms with E-state index in [0.29, 0.717) is 17.9 Å². The molecule has 3 aromatic rings. The van der Waals surface area contributed by atoms with Gasteiger partial charge in [-0.2, -0.15) is 0 Å². The van der Waals surface area contributed by atoms with Crippen molar-refractivity contribution in [2.24, 2.45) is 0 Å². The molecule has 4 nitrogen and oxygen atoms in total. The average molecular weight is 387 g/mol. The molecule has 0 spiro atoms. The Morgan fingerprint density at radius 2 is 1.66 bits per heavy atom. The summed E-state index contributed by atoms with van der Waals surface area (Å²) in [5, 5.41) is 11.0. The zero-order valence-electron chi connectivity index (χ0n) is 16.3. The van der Waals surface area contributed by atoms with Crippen LogP contribution in [0.2, 0.25) is 0 Å². The van der Waals surface area contributed by atoms with E-state index >= 15 is 0 Å². The van der Waals surface area contributed by atoms with E-state index in [1.807, 2.05) is 67.6 Å². The molecule has 1 unspecified atom stereocenters. The molecule has 0 amide bonds. The molecule has 29 heavy (non-hydrogen) atoms. The quantitative estimate of drug-likeness (QED) is 0.519. The van der Waals surface area contributed by atoms with Crippen LogP contribution in [0.5, 0.6) is 5.75 Å². The van der Waals surface area contributed by atoms with Gasteiger partial charge in [0.15, 0.2) is 5.78 Å². The van der Waals surface area contributed by atoms with Gasteiger partial charge in [-0.1, -0.05) is 72.3 Å². The summed E-state index contributed by atoms with van der Waals surface area (Å²) in [6.45, 7) is 2.37. The summed E-state index contributed by atoms with van der Waals surface area (Å²) in [5.41, 5.74) is 3.42. The highest BCUT2D eigenvalue weighted by molar-refractivity contribution is 6.01. The van der Waals surface area contributed by atoms with Gasteiger partial charge in [-0.25, -0.2) is 0 Å². The number of benzene rings is 3. The number of ether oxygens (including phenoxy) is 1. The molecule has 1 atom stereocenters. The monoisotopic (exact) mass is 387 g/mol. The zero-order valence-corrected chi connectivity index (χ0v) is 16.3. The maximum atomic E-state index is 13.2. The molecule has 4 heteroatoms. The predicted octanol–water partition coefficient (Wildman–Crippen LogP) is 4.07. The van der Waals surface area contributed by atoms with Crippen molar-refractivity contribution < 1.29 is 19.4 Å². The molecule has 3 aromatic carbocycles. The number of Topliss-reactive ketones (excluding diaryl/α,β-unsaturated/α-hetero) is 1. The van der Waals surface area contributed by atoms with E-state index in [-0.39, 0.29) is 18.6 Å². The summed E-state index contributed by atoms with van der Waals surface area (Å²) in [6, 6.07) is 24.4. The summed E-state index contributed by atoms with van der Waals surface area (Å²) in [5.74, 6) is -1.23. The fraction of sp³-hybridized carbons (Fsp3) is 0.200. The lowest BCUT2D eigenvalue weighted by Gasteiger charge is -2.18. The molecule has 0 saturated carbocycles. The van der Waals surface area contributed by atoms with E-state index in [4.69, 9.17) is 4.74 Å². The highest BCUT2D eigenvalue weighted by Gasteiger charge is 2.22. The Hall–Kier alpha value is -3.40. The highest BCUT2D eigenvalue weighted by atomic mass is 16.5. The minimum absolute atomic E-state index is 0.125. The molecule has 0 aromatic heterocycles. The van der Waals surface area contributed by atoms with Crippen molar-refractivity contribution in [3.63, 3.8) is 0 Å². The lowest BCUT2D eigenvalue weighted by molar-refractivity contribution is -0.305. The fourth-order valence-electron chi connectivity index (χ4n) is 3.19. The van der Waals surface area contributed by atoms with Gasteiger partial charge in [0.05, 0.1) is 0 Å². The van der Waals surface area contributed by atoms with Gasteiger partial charge in [0.25, 0.3) is 0 Å². The summed E-state index contributed by atoms with van der Waals surface area (Å²) in [4.78, 5) is 24.2. The van der Waals surface area contributed by atoms with Crippen molar-refractivity contribution in [1.82, 2.24) is 0 Å². The first-order chi connectivity index (χ1) is 14.0. The normalized spacial score (nSPS) is 11.6. The van der Waals surface area contributed by atoms with Crippen LogP contribution in [0, 0.1) is 6.92 Å². The summed E-state index contributed by atoms with van der Waals surface area (Å²) in [7, 11) is 0. The Morgan fingerprint density at radius 3 is 2.34 bits per heavy atom. The fourth-order valence-corrected chi connectivity index (χ4v) is 3.19. The van der Waals surface area contributed by atoms with Gasteiger partial charge < -0.3 is 14.6 Å². The van der Waals surface area contributed by atoms with E-state index in [2.05, 4.69) is 0 Å². The summed E-state index contributed by atoms with van der Waals surface area (Å²) >= 11 is 0. The number of rotatable bonds is 9. The van der Waals surface area contributed by atoms with Gasteiger partial charge in [0, 0.05) is 17.5 Å². The second-order valence-corrected chi connectivity index (χ2v) is 7.04. The first kappa shape index (κ1) is 20.3. The first-order valence-corrected chi connectivity index (χ1v) is 9.60. The van der Waals surface area contributed by atoms with Crippen molar-refractivity contribution in [3.8, 4) is 5.75 Å². The lowest BCUT2D eigenvalue weighted by atomic mass is 9.86. The number of carbonyl (C=O) groups is 2. The number of aliphatic carboxylic acids is 1. The zero-order chi connectivity index (χ0) is 20.6. The molecule has 3 rings (SSSR count). The van der Waals surface area contributed by atoms with Crippen molar-refractivity contribution in [3.05, 3.63) is 101 Å². The Bertz CT molecular complexity index is 962. The number of carboxylic acids is 1. The van der Waals surface area contributed by atoms with Gasteiger partial charge in [-0.3, -0.25) is 4.79 Å². The van der Waals surface area contributed by atoms with Gasteiger partial charge in [-0.05, 0) is 43.0 Å². The third-order valence-corrected chi connectivity index (χ3v) is 4.80. The lowest BCUT2D eigenvalue weighted by Crippen LogP contribution is -2.24.